The lowest BCUT2D eigenvalue weighted by Crippen LogP contribution is -2.35. The van der Waals surface area contributed by atoms with E-state index in [0.29, 0.717) is 29.4 Å². The number of aliphatic hydroxyl groups is 1. The number of imidazole rings is 1. The van der Waals surface area contributed by atoms with Crippen LogP contribution < -0.4 is 15.7 Å². The highest BCUT2D eigenvalue weighted by atomic mass is 16.5. The van der Waals surface area contributed by atoms with Gasteiger partial charge in [0.1, 0.15) is 24.0 Å². The third-order valence-corrected chi connectivity index (χ3v) is 2.93. The van der Waals surface area contributed by atoms with Gasteiger partial charge in [-0.05, 0) is 24.6 Å². The molecule has 0 spiro atoms. The summed E-state index contributed by atoms with van der Waals surface area (Å²) < 4.78 is 5.63. The second-order valence-electron chi connectivity index (χ2n) is 5.29. The Morgan fingerprint density at radius 1 is 1.35 bits per heavy atom. The second-order valence-corrected chi connectivity index (χ2v) is 5.29. The fraction of sp³-hybridized carbons (Fsp3) is 0.500. The third-order valence-electron chi connectivity index (χ3n) is 2.93. The first-order valence-corrected chi connectivity index (χ1v) is 6.72. The zero-order chi connectivity index (χ0) is 14.7. The van der Waals surface area contributed by atoms with Gasteiger partial charge in [-0.1, -0.05) is 13.8 Å². The van der Waals surface area contributed by atoms with Crippen LogP contribution in [0.15, 0.2) is 16.9 Å². The van der Waals surface area contributed by atoms with Crippen molar-refractivity contribution < 1.29 is 9.84 Å². The number of rotatable bonds is 6. The van der Waals surface area contributed by atoms with Gasteiger partial charge in [0.25, 0.3) is 0 Å². The Hall–Kier alpha value is -1.79. The highest BCUT2D eigenvalue weighted by molar-refractivity contribution is 5.82. The third kappa shape index (κ3) is 3.61. The first-order chi connectivity index (χ1) is 9.45. The van der Waals surface area contributed by atoms with Crippen LogP contribution in [0.4, 0.5) is 0 Å². The quantitative estimate of drug-likeness (QED) is 0.632. The zero-order valence-corrected chi connectivity index (χ0v) is 12.0. The van der Waals surface area contributed by atoms with E-state index >= 15 is 0 Å². The number of aliphatic hydroxyl groups excluding tert-OH is 1. The Morgan fingerprint density at radius 2 is 2.10 bits per heavy atom. The van der Waals surface area contributed by atoms with Gasteiger partial charge in [0, 0.05) is 12.6 Å². The number of benzene rings is 1. The lowest BCUT2D eigenvalue weighted by molar-refractivity contribution is 0.105. The smallest absolute Gasteiger partial charge is 0.323 e. The van der Waals surface area contributed by atoms with E-state index in [4.69, 9.17) is 4.74 Å². The average molecular weight is 279 g/mol. The van der Waals surface area contributed by atoms with Gasteiger partial charge in [-0.15, -0.1) is 0 Å². The van der Waals surface area contributed by atoms with Crippen LogP contribution in [0.25, 0.3) is 11.0 Å². The maximum Gasteiger partial charge on any atom is 0.323 e. The van der Waals surface area contributed by atoms with E-state index in [1.165, 1.54) is 0 Å². The van der Waals surface area contributed by atoms with Gasteiger partial charge >= 0.3 is 5.69 Å². The number of ether oxygens (including phenoxy) is 1. The van der Waals surface area contributed by atoms with Crippen LogP contribution in [-0.4, -0.2) is 40.4 Å². The number of hydrogen-bond donors (Lipinski definition) is 4. The number of hydrogen-bond acceptors (Lipinski definition) is 4. The minimum Gasteiger partial charge on any atom is -0.489 e. The Labute approximate surface area is 117 Å². The highest BCUT2D eigenvalue weighted by Crippen LogP contribution is 2.23. The molecule has 20 heavy (non-hydrogen) atoms. The summed E-state index contributed by atoms with van der Waals surface area (Å²) >= 11 is 0. The van der Waals surface area contributed by atoms with E-state index in [9.17, 15) is 9.90 Å². The standard InChI is InChI=1S/C14H21N3O3/c1-8(2)15-6-10(18)7-20-12-5-9(3)4-11-13(12)17-14(19)16-11/h4-5,8,10,15,18H,6-7H2,1-3H3,(H2,16,17,19). The maximum atomic E-state index is 11.3. The van der Waals surface area contributed by atoms with Crippen molar-refractivity contribution in [2.24, 2.45) is 0 Å². The molecule has 1 aromatic heterocycles. The van der Waals surface area contributed by atoms with Crippen molar-refractivity contribution in [2.75, 3.05) is 13.2 Å². The lowest BCUT2D eigenvalue weighted by Gasteiger charge is -2.15. The molecule has 0 amide bonds. The fourth-order valence-electron chi connectivity index (χ4n) is 1.98. The van der Waals surface area contributed by atoms with E-state index in [2.05, 4.69) is 15.3 Å². The minimum absolute atomic E-state index is 0.172. The molecule has 0 bridgehead atoms. The average Bonchev–Trinajstić information content (AvgIpc) is 2.73. The number of fused-ring (bicyclic) bond motifs is 1. The van der Waals surface area contributed by atoms with Crippen molar-refractivity contribution in [3.8, 4) is 5.75 Å². The van der Waals surface area contributed by atoms with E-state index in [1.54, 1.807) is 0 Å². The van der Waals surface area contributed by atoms with E-state index in [0.717, 1.165) is 5.56 Å². The van der Waals surface area contributed by atoms with Gasteiger partial charge in [-0.2, -0.15) is 0 Å². The first kappa shape index (κ1) is 14.6. The van der Waals surface area contributed by atoms with Crippen molar-refractivity contribution in [3.05, 3.63) is 28.2 Å². The van der Waals surface area contributed by atoms with Crippen molar-refractivity contribution in [3.63, 3.8) is 0 Å². The molecule has 0 saturated carbocycles. The number of aromatic nitrogens is 2. The van der Waals surface area contributed by atoms with Gasteiger partial charge in [0.05, 0.1) is 5.52 Å². The molecule has 0 aliphatic heterocycles. The van der Waals surface area contributed by atoms with Crippen LogP contribution in [0.3, 0.4) is 0 Å². The van der Waals surface area contributed by atoms with Crippen molar-refractivity contribution in [1.29, 1.82) is 0 Å². The summed E-state index contributed by atoms with van der Waals surface area (Å²) in [5.41, 5.74) is 2.06. The predicted molar refractivity (Wildman–Crippen MR) is 78.3 cm³/mol. The molecule has 2 aromatic rings. The molecule has 6 heteroatoms. The summed E-state index contributed by atoms with van der Waals surface area (Å²) in [4.78, 5) is 16.7. The molecule has 0 saturated heterocycles. The molecule has 0 aliphatic rings. The summed E-state index contributed by atoms with van der Waals surface area (Å²) in [7, 11) is 0. The van der Waals surface area contributed by atoms with Crippen LogP contribution in [0, 0.1) is 6.92 Å². The first-order valence-electron chi connectivity index (χ1n) is 6.72. The van der Waals surface area contributed by atoms with Gasteiger partial charge in [-0.25, -0.2) is 4.79 Å². The molecular formula is C14H21N3O3. The fourth-order valence-corrected chi connectivity index (χ4v) is 1.98. The molecule has 0 fully saturated rings. The normalized spacial score (nSPS) is 13.1. The summed E-state index contributed by atoms with van der Waals surface area (Å²) in [6.07, 6.45) is -0.598. The Kier molecular flexibility index (Phi) is 4.46. The predicted octanol–water partition coefficient (Wildman–Crippen LogP) is 0.902. The molecule has 2 rings (SSSR count). The number of aromatic amines is 2. The zero-order valence-electron chi connectivity index (χ0n) is 12.0. The number of aryl methyl sites for hydroxylation is 1. The molecule has 110 valence electrons. The maximum absolute atomic E-state index is 11.3. The molecule has 0 radical (unpaired) electrons. The lowest BCUT2D eigenvalue weighted by atomic mass is 10.2. The molecule has 1 aromatic carbocycles. The van der Waals surface area contributed by atoms with Crippen LogP contribution in [0.1, 0.15) is 19.4 Å². The molecule has 1 atom stereocenters. The molecule has 1 unspecified atom stereocenters. The second kappa shape index (κ2) is 6.11. The summed E-state index contributed by atoms with van der Waals surface area (Å²) in [5.74, 6) is 0.571. The van der Waals surface area contributed by atoms with Gasteiger partial charge in [0.15, 0.2) is 0 Å². The van der Waals surface area contributed by atoms with Crippen molar-refractivity contribution in [1.82, 2.24) is 15.3 Å². The minimum atomic E-state index is -0.598. The van der Waals surface area contributed by atoms with Crippen LogP contribution in [-0.2, 0) is 0 Å². The molecule has 1 heterocycles. The Morgan fingerprint density at radius 3 is 2.80 bits per heavy atom. The SMILES string of the molecule is Cc1cc(OCC(O)CNC(C)C)c2[nH]c(=O)[nH]c2c1. The summed E-state index contributed by atoms with van der Waals surface area (Å²) in [6.45, 7) is 6.60. The molecule has 6 nitrogen and oxygen atoms in total. The molecule has 0 aliphatic carbocycles. The van der Waals surface area contributed by atoms with Crippen LogP contribution in [0.5, 0.6) is 5.75 Å². The topological polar surface area (TPSA) is 90.1 Å². The van der Waals surface area contributed by atoms with Crippen LogP contribution >= 0.6 is 0 Å². The van der Waals surface area contributed by atoms with Gasteiger partial charge < -0.3 is 25.1 Å². The molecular weight excluding hydrogens is 258 g/mol. The monoisotopic (exact) mass is 279 g/mol. The Bertz CT molecular complexity index is 630. The summed E-state index contributed by atoms with van der Waals surface area (Å²) in [5, 5.41) is 13.0. The number of H-pyrrole nitrogens is 2. The van der Waals surface area contributed by atoms with Crippen LogP contribution in [0.2, 0.25) is 0 Å². The van der Waals surface area contributed by atoms with E-state index in [-0.39, 0.29) is 12.3 Å². The van der Waals surface area contributed by atoms with Gasteiger partial charge in [0.2, 0.25) is 0 Å². The highest BCUT2D eigenvalue weighted by Gasteiger charge is 2.10. The summed E-state index contributed by atoms with van der Waals surface area (Å²) in [6, 6.07) is 4.03. The molecule has 4 N–H and O–H groups in total. The van der Waals surface area contributed by atoms with Crippen molar-refractivity contribution >= 4 is 11.0 Å². The van der Waals surface area contributed by atoms with Gasteiger partial charge in [-0.3, -0.25) is 0 Å². The number of nitrogens with one attached hydrogen (secondary N) is 3. The van der Waals surface area contributed by atoms with E-state index in [1.807, 2.05) is 32.9 Å². The van der Waals surface area contributed by atoms with E-state index < -0.39 is 6.10 Å². The van der Waals surface area contributed by atoms with Crippen molar-refractivity contribution in [2.45, 2.75) is 32.9 Å². The Balaban J connectivity index is 2.07. The largest absolute Gasteiger partial charge is 0.489 e.